The van der Waals surface area contributed by atoms with E-state index in [1.165, 1.54) is 0 Å². The molecule has 0 aromatic rings. The maximum absolute atomic E-state index is 9.94. The number of hydrogen-bond donors (Lipinski definition) is 8. The fourth-order valence-corrected chi connectivity index (χ4v) is 2.57. The minimum atomic E-state index is -1.74. The van der Waals surface area contributed by atoms with Gasteiger partial charge in [0, 0.05) is 0 Å². The zero-order chi connectivity index (χ0) is 17.3. The highest BCUT2D eigenvalue weighted by Gasteiger charge is 2.50. The Bertz CT molecular complexity index is 378. The zero-order valence-corrected chi connectivity index (χ0v) is 12.0. The first kappa shape index (κ1) is 18.9. The number of rotatable bonds is 4. The molecule has 0 bridgehead atoms. The van der Waals surface area contributed by atoms with Crippen LogP contribution in [0.25, 0.3) is 0 Å². The molecule has 2 fully saturated rings. The molecule has 136 valence electrons. The molecule has 0 amide bonds. The normalized spacial score (nSPS) is 51.7. The van der Waals surface area contributed by atoms with Crippen LogP contribution in [0.15, 0.2) is 0 Å². The molecule has 2 rings (SSSR count). The first-order valence-electron chi connectivity index (χ1n) is 7.08. The predicted molar refractivity (Wildman–Crippen MR) is 68.6 cm³/mol. The zero-order valence-electron chi connectivity index (χ0n) is 12.0. The van der Waals surface area contributed by atoms with Gasteiger partial charge in [0.15, 0.2) is 12.6 Å². The molecule has 2 aliphatic heterocycles. The van der Waals surface area contributed by atoms with E-state index < -0.39 is 74.6 Å². The summed E-state index contributed by atoms with van der Waals surface area (Å²) in [6, 6.07) is 0. The molecule has 11 heteroatoms. The number of aliphatic hydroxyl groups excluding tert-OH is 8. The van der Waals surface area contributed by atoms with Crippen LogP contribution >= 0.6 is 0 Å². The Labute approximate surface area is 130 Å². The molecule has 2 saturated heterocycles. The smallest absolute Gasteiger partial charge is 0.187 e. The van der Waals surface area contributed by atoms with Gasteiger partial charge >= 0.3 is 0 Å². The van der Waals surface area contributed by atoms with Crippen molar-refractivity contribution in [3.63, 3.8) is 0 Å². The van der Waals surface area contributed by atoms with Gasteiger partial charge in [-0.3, -0.25) is 0 Å². The van der Waals surface area contributed by atoms with E-state index >= 15 is 0 Å². The van der Waals surface area contributed by atoms with Gasteiger partial charge in [0.05, 0.1) is 13.2 Å². The number of ether oxygens (including phenoxy) is 3. The fourth-order valence-electron chi connectivity index (χ4n) is 2.57. The molecule has 0 aromatic carbocycles. The summed E-state index contributed by atoms with van der Waals surface area (Å²) >= 11 is 0. The topological polar surface area (TPSA) is 190 Å². The van der Waals surface area contributed by atoms with Gasteiger partial charge in [-0.15, -0.1) is 0 Å². The average molecular weight is 342 g/mol. The van der Waals surface area contributed by atoms with Crippen LogP contribution in [-0.2, 0) is 14.2 Å². The van der Waals surface area contributed by atoms with Crippen LogP contribution in [0.1, 0.15) is 0 Å². The summed E-state index contributed by atoms with van der Waals surface area (Å²) in [5.74, 6) is 0. The molecular formula is C12H22O11. The van der Waals surface area contributed by atoms with Gasteiger partial charge in [-0.05, 0) is 0 Å². The van der Waals surface area contributed by atoms with E-state index in [-0.39, 0.29) is 0 Å². The van der Waals surface area contributed by atoms with E-state index in [0.29, 0.717) is 0 Å². The molecule has 8 N–H and O–H groups in total. The Hall–Kier alpha value is -0.440. The van der Waals surface area contributed by atoms with E-state index in [9.17, 15) is 35.7 Å². The van der Waals surface area contributed by atoms with E-state index in [2.05, 4.69) is 0 Å². The van der Waals surface area contributed by atoms with Gasteiger partial charge < -0.3 is 55.1 Å². The second-order valence-electron chi connectivity index (χ2n) is 5.53. The quantitative estimate of drug-likeness (QED) is 0.243. The lowest BCUT2D eigenvalue weighted by Gasteiger charge is -2.45. The monoisotopic (exact) mass is 342 g/mol. The van der Waals surface area contributed by atoms with Crippen molar-refractivity contribution in [3.8, 4) is 0 Å². The Morgan fingerprint density at radius 1 is 0.652 bits per heavy atom. The summed E-state index contributed by atoms with van der Waals surface area (Å²) in [7, 11) is 0. The van der Waals surface area contributed by atoms with Crippen LogP contribution in [0.2, 0.25) is 0 Å². The Kier molecular flexibility index (Phi) is 6.27. The molecular weight excluding hydrogens is 320 g/mol. The molecule has 0 aliphatic carbocycles. The van der Waals surface area contributed by atoms with Gasteiger partial charge in [-0.1, -0.05) is 0 Å². The summed E-state index contributed by atoms with van der Waals surface area (Å²) < 4.78 is 15.3. The van der Waals surface area contributed by atoms with Crippen molar-refractivity contribution in [1.82, 2.24) is 0 Å². The Balaban J connectivity index is 2.11. The SMILES string of the molecule is OC[C@@H]1O[C@@H](O)[C@@H](O)[C@H](O)[C@H]1O[C@H]1O[C@H](CO)[C@@H](O)[C@H](O)[C@H]1O. The van der Waals surface area contributed by atoms with Crippen molar-refractivity contribution < 1.29 is 55.1 Å². The maximum atomic E-state index is 9.94. The molecule has 0 saturated carbocycles. The summed E-state index contributed by atoms with van der Waals surface area (Å²) in [5.41, 5.74) is 0. The van der Waals surface area contributed by atoms with Gasteiger partial charge in [0.2, 0.25) is 0 Å². The summed E-state index contributed by atoms with van der Waals surface area (Å²) in [5, 5.41) is 76.5. The lowest BCUT2D eigenvalue weighted by molar-refractivity contribution is -0.355. The Morgan fingerprint density at radius 3 is 1.83 bits per heavy atom. The van der Waals surface area contributed by atoms with Gasteiger partial charge in [-0.25, -0.2) is 0 Å². The summed E-state index contributed by atoms with van der Waals surface area (Å²) in [6.45, 7) is -1.35. The van der Waals surface area contributed by atoms with Crippen LogP contribution < -0.4 is 0 Å². The van der Waals surface area contributed by atoms with Crippen LogP contribution in [0.5, 0.6) is 0 Å². The van der Waals surface area contributed by atoms with Gasteiger partial charge in [0.1, 0.15) is 48.8 Å². The van der Waals surface area contributed by atoms with E-state index in [1.807, 2.05) is 0 Å². The minimum absolute atomic E-state index is 0.667. The lowest BCUT2D eigenvalue weighted by Crippen LogP contribution is -2.64. The fraction of sp³-hybridized carbons (Fsp3) is 1.00. The van der Waals surface area contributed by atoms with Crippen molar-refractivity contribution in [1.29, 1.82) is 0 Å². The minimum Gasteiger partial charge on any atom is -0.394 e. The second kappa shape index (κ2) is 7.63. The van der Waals surface area contributed by atoms with E-state index in [4.69, 9.17) is 19.3 Å². The maximum Gasteiger partial charge on any atom is 0.187 e. The van der Waals surface area contributed by atoms with E-state index in [0.717, 1.165) is 0 Å². The van der Waals surface area contributed by atoms with Crippen molar-refractivity contribution in [2.24, 2.45) is 0 Å². The molecule has 0 aromatic heterocycles. The molecule has 0 unspecified atom stereocenters. The van der Waals surface area contributed by atoms with Gasteiger partial charge in [0.25, 0.3) is 0 Å². The van der Waals surface area contributed by atoms with Crippen LogP contribution in [-0.4, -0.2) is 115 Å². The molecule has 23 heavy (non-hydrogen) atoms. The summed E-state index contributed by atoms with van der Waals surface area (Å²) in [4.78, 5) is 0. The third kappa shape index (κ3) is 3.65. The third-order valence-electron chi connectivity index (χ3n) is 3.98. The average Bonchev–Trinajstić information content (AvgIpc) is 2.55. The molecule has 0 radical (unpaired) electrons. The lowest BCUT2D eigenvalue weighted by atomic mass is 9.97. The largest absolute Gasteiger partial charge is 0.394 e. The molecule has 0 spiro atoms. The van der Waals surface area contributed by atoms with Crippen LogP contribution in [0.3, 0.4) is 0 Å². The highest BCUT2D eigenvalue weighted by molar-refractivity contribution is 4.93. The van der Waals surface area contributed by atoms with Crippen LogP contribution in [0, 0.1) is 0 Å². The third-order valence-corrected chi connectivity index (χ3v) is 3.98. The van der Waals surface area contributed by atoms with E-state index in [1.54, 1.807) is 0 Å². The first-order chi connectivity index (χ1) is 10.8. The predicted octanol–water partition coefficient (Wildman–Crippen LogP) is -5.40. The molecule has 2 heterocycles. The van der Waals surface area contributed by atoms with Crippen molar-refractivity contribution >= 4 is 0 Å². The summed E-state index contributed by atoms with van der Waals surface area (Å²) in [6.07, 6.45) is -15.6. The first-order valence-corrected chi connectivity index (χ1v) is 7.08. The van der Waals surface area contributed by atoms with Crippen molar-refractivity contribution in [2.45, 2.75) is 61.4 Å². The number of hydrogen-bond acceptors (Lipinski definition) is 11. The second-order valence-corrected chi connectivity index (χ2v) is 5.53. The molecule has 10 atom stereocenters. The Morgan fingerprint density at radius 2 is 1.26 bits per heavy atom. The van der Waals surface area contributed by atoms with Gasteiger partial charge in [-0.2, -0.15) is 0 Å². The molecule has 2 aliphatic rings. The highest BCUT2D eigenvalue weighted by Crippen LogP contribution is 2.28. The molecule has 11 nitrogen and oxygen atoms in total. The standard InChI is InChI=1S/C12H22O11/c13-1-3-5(15)6(16)9(19)12(22-3)23-10-4(2-14)21-11(20)8(18)7(10)17/h3-20H,1-2H2/t3-,4+,5-,6+,7+,8+,9-,10+,11-,12-/m1/s1. The van der Waals surface area contributed by atoms with Crippen molar-refractivity contribution in [3.05, 3.63) is 0 Å². The number of aliphatic hydroxyl groups is 8. The van der Waals surface area contributed by atoms with Crippen molar-refractivity contribution in [2.75, 3.05) is 13.2 Å². The highest BCUT2D eigenvalue weighted by atomic mass is 16.7. The van der Waals surface area contributed by atoms with Crippen LogP contribution in [0.4, 0.5) is 0 Å².